The van der Waals surface area contributed by atoms with Gasteiger partial charge in [0.15, 0.2) is 0 Å². The SMILES string of the molecule is CCc1c(C)nn(C2CCC2CNCC(C)C)c1C. The summed E-state index contributed by atoms with van der Waals surface area (Å²) in [7, 11) is 0. The van der Waals surface area contributed by atoms with Crippen molar-refractivity contribution in [2.75, 3.05) is 13.1 Å². The molecular weight excluding hydrogens is 234 g/mol. The molecule has 1 aromatic rings. The molecule has 1 aromatic heterocycles. The molecule has 3 nitrogen and oxygen atoms in total. The topological polar surface area (TPSA) is 29.9 Å². The Morgan fingerprint density at radius 3 is 2.53 bits per heavy atom. The maximum Gasteiger partial charge on any atom is 0.0628 e. The van der Waals surface area contributed by atoms with Crippen molar-refractivity contribution in [2.45, 2.75) is 59.9 Å². The van der Waals surface area contributed by atoms with E-state index in [4.69, 9.17) is 5.10 Å². The Labute approximate surface area is 117 Å². The second-order valence-electron chi connectivity index (χ2n) is 6.40. The Bertz CT molecular complexity index is 420. The third-order valence-corrected chi connectivity index (χ3v) is 4.48. The van der Waals surface area contributed by atoms with Gasteiger partial charge in [-0.1, -0.05) is 20.8 Å². The molecule has 0 aromatic carbocycles. The normalized spacial score (nSPS) is 22.8. The first-order valence-electron chi connectivity index (χ1n) is 7.79. The van der Waals surface area contributed by atoms with Crippen LogP contribution in [0.1, 0.15) is 56.6 Å². The van der Waals surface area contributed by atoms with Gasteiger partial charge in [0.2, 0.25) is 0 Å². The van der Waals surface area contributed by atoms with Crippen LogP contribution in [0.2, 0.25) is 0 Å². The van der Waals surface area contributed by atoms with E-state index in [1.54, 1.807) is 0 Å². The van der Waals surface area contributed by atoms with Crippen molar-refractivity contribution in [3.05, 3.63) is 17.0 Å². The number of hydrogen-bond donors (Lipinski definition) is 1. The molecule has 1 saturated carbocycles. The molecule has 1 aliphatic rings. The van der Waals surface area contributed by atoms with Crippen molar-refractivity contribution < 1.29 is 0 Å². The predicted octanol–water partition coefficient (Wildman–Crippen LogP) is 3.26. The molecule has 1 fully saturated rings. The summed E-state index contributed by atoms with van der Waals surface area (Å²) >= 11 is 0. The number of rotatable bonds is 6. The van der Waals surface area contributed by atoms with E-state index >= 15 is 0 Å². The van der Waals surface area contributed by atoms with Gasteiger partial charge >= 0.3 is 0 Å². The Kier molecular flexibility index (Phi) is 4.67. The third kappa shape index (κ3) is 3.02. The lowest BCUT2D eigenvalue weighted by Gasteiger charge is -2.38. The summed E-state index contributed by atoms with van der Waals surface area (Å²) in [6.45, 7) is 13.4. The van der Waals surface area contributed by atoms with Crippen LogP contribution in [0.3, 0.4) is 0 Å². The summed E-state index contributed by atoms with van der Waals surface area (Å²) in [6.07, 6.45) is 3.73. The zero-order valence-electron chi connectivity index (χ0n) is 13.2. The highest BCUT2D eigenvalue weighted by Gasteiger charge is 2.34. The van der Waals surface area contributed by atoms with Crippen LogP contribution < -0.4 is 5.32 Å². The van der Waals surface area contributed by atoms with Crippen molar-refractivity contribution in [2.24, 2.45) is 11.8 Å². The van der Waals surface area contributed by atoms with Gasteiger partial charge in [0.1, 0.15) is 0 Å². The Hall–Kier alpha value is -0.830. The number of nitrogens with one attached hydrogen (secondary N) is 1. The summed E-state index contributed by atoms with van der Waals surface area (Å²) in [5.74, 6) is 1.50. The quantitative estimate of drug-likeness (QED) is 0.854. The van der Waals surface area contributed by atoms with Crippen molar-refractivity contribution in [1.82, 2.24) is 15.1 Å². The molecule has 3 heteroatoms. The van der Waals surface area contributed by atoms with E-state index in [0.717, 1.165) is 31.3 Å². The molecule has 19 heavy (non-hydrogen) atoms. The summed E-state index contributed by atoms with van der Waals surface area (Å²) in [4.78, 5) is 0. The minimum absolute atomic E-state index is 0.624. The average Bonchev–Trinajstić information content (AvgIpc) is 2.58. The minimum atomic E-state index is 0.624. The molecule has 0 radical (unpaired) electrons. The van der Waals surface area contributed by atoms with Gasteiger partial charge in [-0.3, -0.25) is 4.68 Å². The predicted molar refractivity (Wildman–Crippen MR) is 80.5 cm³/mol. The molecule has 0 aliphatic heterocycles. The number of aryl methyl sites for hydroxylation is 1. The highest BCUT2D eigenvalue weighted by atomic mass is 15.3. The first-order chi connectivity index (χ1) is 9.04. The molecule has 0 spiro atoms. The van der Waals surface area contributed by atoms with Gasteiger partial charge in [0.25, 0.3) is 0 Å². The summed E-state index contributed by atoms with van der Waals surface area (Å²) in [5.41, 5.74) is 4.06. The van der Waals surface area contributed by atoms with Gasteiger partial charge in [-0.15, -0.1) is 0 Å². The maximum atomic E-state index is 4.79. The molecule has 1 N–H and O–H groups in total. The molecule has 0 amide bonds. The second kappa shape index (κ2) is 6.08. The summed E-state index contributed by atoms with van der Waals surface area (Å²) in [6, 6.07) is 0.624. The van der Waals surface area contributed by atoms with Gasteiger partial charge in [-0.05, 0) is 57.1 Å². The van der Waals surface area contributed by atoms with Crippen molar-refractivity contribution in [1.29, 1.82) is 0 Å². The molecule has 2 rings (SSSR count). The van der Waals surface area contributed by atoms with E-state index in [1.807, 2.05) is 0 Å². The molecule has 0 bridgehead atoms. The lowest BCUT2D eigenvalue weighted by Crippen LogP contribution is -2.38. The van der Waals surface area contributed by atoms with E-state index in [9.17, 15) is 0 Å². The van der Waals surface area contributed by atoms with Crippen LogP contribution >= 0.6 is 0 Å². The Balaban J connectivity index is 1.98. The Morgan fingerprint density at radius 2 is 2.05 bits per heavy atom. The summed E-state index contributed by atoms with van der Waals surface area (Å²) in [5, 5.41) is 8.39. The number of hydrogen-bond acceptors (Lipinski definition) is 2. The van der Waals surface area contributed by atoms with Crippen LogP contribution in [0.25, 0.3) is 0 Å². The molecule has 2 unspecified atom stereocenters. The third-order valence-electron chi connectivity index (χ3n) is 4.48. The zero-order chi connectivity index (χ0) is 14.0. The van der Waals surface area contributed by atoms with Crippen molar-refractivity contribution in [3.8, 4) is 0 Å². The second-order valence-corrected chi connectivity index (χ2v) is 6.40. The van der Waals surface area contributed by atoms with E-state index in [2.05, 4.69) is 44.6 Å². The van der Waals surface area contributed by atoms with E-state index in [1.165, 1.54) is 29.8 Å². The van der Waals surface area contributed by atoms with Gasteiger partial charge in [-0.25, -0.2) is 0 Å². The molecule has 1 heterocycles. The number of nitrogens with zero attached hydrogens (tertiary/aromatic N) is 2. The lowest BCUT2D eigenvalue weighted by atomic mass is 9.79. The molecular formula is C16H29N3. The first-order valence-corrected chi connectivity index (χ1v) is 7.79. The lowest BCUT2D eigenvalue weighted by molar-refractivity contribution is 0.159. The van der Waals surface area contributed by atoms with E-state index < -0.39 is 0 Å². The van der Waals surface area contributed by atoms with Crippen LogP contribution in [-0.2, 0) is 6.42 Å². The van der Waals surface area contributed by atoms with Crippen molar-refractivity contribution >= 4 is 0 Å². The average molecular weight is 263 g/mol. The van der Waals surface area contributed by atoms with Crippen LogP contribution in [-0.4, -0.2) is 22.9 Å². The Morgan fingerprint density at radius 1 is 1.32 bits per heavy atom. The molecule has 108 valence electrons. The van der Waals surface area contributed by atoms with Crippen LogP contribution in [0.15, 0.2) is 0 Å². The van der Waals surface area contributed by atoms with Gasteiger partial charge in [-0.2, -0.15) is 5.10 Å². The monoisotopic (exact) mass is 263 g/mol. The largest absolute Gasteiger partial charge is 0.316 e. The van der Waals surface area contributed by atoms with E-state index in [-0.39, 0.29) is 0 Å². The van der Waals surface area contributed by atoms with Gasteiger partial charge < -0.3 is 5.32 Å². The van der Waals surface area contributed by atoms with Gasteiger partial charge in [0.05, 0.1) is 11.7 Å². The standard InChI is InChI=1S/C16H29N3/c1-6-15-12(4)18-19(13(15)5)16-8-7-14(16)10-17-9-11(2)3/h11,14,16-17H,6-10H2,1-5H3. The summed E-state index contributed by atoms with van der Waals surface area (Å²) < 4.78 is 2.30. The molecule has 0 saturated heterocycles. The highest BCUT2D eigenvalue weighted by molar-refractivity contribution is 5.25. The van der Waals surface area contributed by atoms with Crippen LogP contribution in [0.5, 0.6) is 0 Å². The molecule has 2 atom stereocenters. The van der Waals surface area contributed by atoms with Crippen LogP contribution in [0, 0.1) is 25.7 Å². The smallest absolute Gasteiger partial charge is 0.0628 e. The zero-order valence-corrected chi connectivity index (χ0v) is 13.2. The first kappa shape index (κ1) is 14.6. The fourth-order valence-corrected chi connectivity index (χ4v) is 3.20. The van der Waals surface area contributed by atoms with E-state index in [0.29, 0.717) is 6.04 Å². The van der Waals surface area contributed by atoms with Crippen LogP contribution in [0.4, 0.5) is 0 Å². The number of aromatic nitrogens is 2. The van der Waals surface area contributed by atoms with Crippen molar-refractivity contribution in [3.63, 3.8) is 0 Å². The minimum Gasteiger partial charge on any atom is -0.316 e. The van der Waals surface area contributed by atoms with Gasteiger partial charge in [0, 0.05) is 12.2 Å². The fraction of sp³-hybridized carbons (Fsp3) is 0.812. The fourth-order valence-electron chi connectivity index (χ4n) is 3.20. The molecule has 1 aliphatic carbocycles. The maximum absolute atomic E-state index is 4.79. The highest BCUT2D eigenvalue weighted by Crippen LogP contribution is 2.39.